The van der Waals surface area contributed by atoms with Gasteiger partial charge in [0.25, 0.3) is 0 Å². The number of aromatic carboxylic acids is 1. The molecule has 1 aromatic heterocycles. The predicted octanol–water partition coefficient (Wildman–Crippen LogP) is 0.562. The van der Waals surface area contributed by atoms with E-state index < -0.39 is 5.97 Å². The van der Waals surface area contributed by atoms with Crippen molar-refractivity contribution in [3.63, 3.8) is 0 Å². The van der Waals surface area contributed by atoms with Crippen LogP contribution in [-0.2, 0) is 6.54 Å². The first-order valence-electron chi connectivity index (χ1n) is 4.94. The Hall–Kier alpha value is -2.02. The topological polar surface area (TPSA) is 94.8 Å². The number of carbonyl (C=O) groups excluding carboxylic acids is 1. The number of urea groups is 1. The molecule has 17 heavy (non-hydrogen) atoms. The van der Waals surface area contributed by atoms with E-state index in [1.54, 1.807) is 21.0 Å². The molecule has 0 bridgehead atoms. The van der Waals surface area contributed by atoms with Crippen LogP contribution in [0.5, 0.6) is 0 Å². The van der Waals surface area contributed by atoms with Crippen molar-refractivity contribution in [3.8, 4) is 0 Å². The van der Waals surface area contributed by atoms with E-state index in [0.717, 1.165) is 0 Å². The fraction of sp³-hybridized carbons (Fsp3) is 0.400. The van der Waals surface area contributed by atoms with Crippen LogP contribution in [0.15, 0.2) is 10.5 Å². The lowest BCUT2D eigenvalue weighted by molar-refractivity contribution is 0.0695. The average molecular weight is 241 g/mol. The van der Waals surface area contributed by atoms with Crippen LogP contribution < -0.4 is 10.7 Å². The molecule has 1 rings (SSSR count). The molecule has 0 aliphatic rings. The van der Waals surface area contributed by atoms with Crippen LogP contribution in [0.3, 0.4) is 0 Å². The molecule has 7 nitrogen and oxygen atoms in total. The number of carboxylic acid groups (broad SMARTS) is 1. The number of hydrogen-bond acceptors (Lipinski definition) is 4. The van der Waals surface area contributed by atoms with Crippen molar-refractivity contribution in [2.45, 2.75) is 13.5 Å². The van der Waals surface area contributed by atoms with Gasteiger partial charge in [0.15, 0.2) is 0 Å². The van der Waals surface area contributed by atoms with Crippen molar-refractivity contribution in [3.05, 3.63) is 23.2 Å². The molecule has 0 aliphatic heterocycles. The molecule has 0 fully saturated rings. The van der Waals surface area contributed by atoms with Crippen molar-refractivity contribution in [2.24, 2.45) is 0 Å². The fourth-order valence-electron chi connectivity index (χ4n) is 1.25. The number of furan rings is 1. The van der Waals surface area contributed by atoms with Gasteiger partial charge in [-0.05, 0) is 13.0 Å². The Morgan fingerprint density at radius 1 is 1.47 bits per heavy atom. The molecule has 0 atom stereocenters. The van der Waals surface area contributed by atoms with Gasteiger partial charge < -0.3 is 14.8 Å². The van der Waals surface area contributed by atoms with Crippen LogP contribution in [0.25, 0.3) is 0 Å². The first-order valence-corrected chi connectivity index (χ1v) is 4.94. The molecule has 0 radical (unpaired) electrons. The van der Waals surface area contributed by atoms with E-state index in [1.165, 1.54) is 11.1 Å². The van der Waals surface area contributed by atoms with Crippen LogP contribution >= 0.6 is 0 Å². The first kappa shape index (κ1) is 13.0. The predicted molar refractivity (Wildman–Crippen MR) is 59.5 cm³/mol. The molecule has 0 saturated heterocycles. The smallest absolute Gasteiger partial charge is 0.339 e. The summed E-state index contributed by atoms with van der Waals surface area (Å²) in [6, 6.07) is 1.01. The second-order valence-corrected chi connectivity index (χ2v) is 3.68. The summed E-state index contributed by atoms with van der Waals surface area (Å²) in [5.41, 5.74) is 2.59. The lowest BCUT2D eigenvalue weighted by Gasteiger charge is -2.11. The molecule has 94 valence electrons. The Balaban J connectivity index is 2.55. The van der Waals surface area contributed by atoms with Gasteiger partial charge in [-0.2, -0.15) is 0 Å². The molecule has 3 N–H and O–H groups in total. The van der Waals surface area contributed by atoms with Crippen molar-refractivity contribution < 1.29 is 19.1 Å². The van der Waals surface area contributed by atoms with Crippen molar-refractivity contribution in [1.82, 2.24) is 15.8 Å². The van der Waals surface area contributed by atoms with Crippen molar-refractivity contribution in [2.75, 3.05) is 14.1 Å². The van der Waals surface area contributed by atoms with E-state index in [4.69, 9.17) is 9.52 Å². The zero-order chi connectivity index (χ0) is 13.0. The number of hydrogen-bond donors (Lipinski definition) is 3. The van der Waals surface area contributed by atoms with Gasteiger partial charge in [-0.3, -0.25) is 5.43 Å². The highest BCUT2D eigenvalue weighted by molar-refractivity contribution is 5.88. The molecule has 0 spiro atoms. The SMILES string of the molecule is Cc1oc(CNC(=O)NN(C)C)cc1C(=O)O. The molecule has 0 unspecified atom stereocenters. The van der Waals surface area contributed by atoms with Gasteiger partial charge in [0, 0.05) is 14.1 Å². The molecular formula is C10H15N3O4. The standard InChI is InChI=1S/C10H15N3O4/c1-6-8(9(14)15)4-7(17-6)5-11-10(16)12-13(2)3/h4H,5H2,1-3H3,(H,14,15)(H2,11,12,16). The Kier molecular flexibility index (Phi) is 4.11. The number of nitrogens with one attached hydrogen (secondary N) is 2. The number of aryl methyl sites for hydroxylation is 1. The Bertz CT molecular complexity index is 425. The average Bonchev–Trinajstić information content (AvgIpc) is 2.56. The summed E-state index contributed by atoms with van der Waals surface area (Å²) in [5.74, 6) is -0.327. The summed E-state index contributed by atoms with van der Waals surface area (Å²) >= 11 is 0. The zero-order valence-electron chi connectivity index (χ0n) is 9.90. The number of rotatable bonds is 4. The van der Waals surface area contributed by atoms with E-state index in [0.29, 0.717) is 11.5 Å². The Morgan fingerprint density at radius 3 is 2.59 bits per heavy atom. The molecule has 0 aromatic carbocycles. The fourth-order valence-corrected chi connectivity index (χ4v) is 1.25. The van der Waals surface area contributed by atoms with Crippen LogP contribution in [-0.4, -0.2) is 36.2 Å². The van der Waals surface area contributed by atoms with Crippen molar-refractivity contribution >= 4 is 12.0 Å². The van der Waals surface area contributed by atoms with Gasteiger partial charge in [0.2, 0.25) is 0 Å². The lowest BCUT2D eigenvalue weighted by Crippen LogP contribution is -2.42. The summed E-state index contributed by atoms with van der Waals surface area (Å²) in [5, 5.41) is 12.8. The molecule has 1 heterocycles. The third-order valence-electron chi connectivity index (χ3n) is 1.95. The zero-order valence-corrected chi connectivity index (χ0v) is 9.90. The second kappa shape index (κ2) is 5.35. The molecule has 0 aliphatic carbocycles. The van der Waals surface area contributed by atoms with E-state index in [2.05, 4.69) is 10.7 Å². The molecule has 7 heteroatoms. The monoisotopic (exact) mass is 241 g/mol. The lowest BCUT2D eigenvalue weighted by atomic mass is 10.2. The normalized spacial score (nSPS) is 10.4. The quantitative estimate of drug-likeness (QED) is 0.669. The Morgan fingerprint density at radius 2 is 2.12 bits per heavy atom. The molecule has 0 saturated carbocycles. The summed E-state index contributed by atoms with van der Waals surface area (Å²) in [6.45, 7) is 1.70. The van der Waals surface area contributed by atoms with Crippen LogP contribution in [0, 0.1) is 6.92 Å². The minimum Gasteiger partial charge on any atom is -0.478 e. The maximum atomic E-state index is 11.2. The summed E-state index contributed by atoms with van der Waals surface area (Å²) in [6.07, 6.45) is 0. The second-order valence-electron chi connectivity index (χ2n) is 3.68. The molecule has 2 amide bonds. The van der Waals surface area contributed by atoms with Crippen LogP contribution in [0.1, 0.15) is 21.9 Å². The van der Waals surface area contributed by atoms with Gasteiger partial charge in [0.05, 0.1) is 6.54 Å². The van der Waals surface area contributed by atoms with Gasteiger partial charge in [-0.15, -0.1) is 0 Å². The van der Waals surface area contributed by atoms with E-state index >= 15 is 0 Å². The van der Waals surface area contributed by atoms with Gasteiger partial charge in [0.1, 0.15) is 17.1 Å². The van der Waals surface area contributed by atoms with Gasteiger partial charge >= 0.3 is 12.0 Å². The highest BCUT2D eigenvalue weighted by Gasteiger charge is 2.13. The van der Waals surface area contributed by atoms with Crippen LogP contribution in [0.4, 0.5) is 4.79 Å². The number of carboxylic acids is 1. The Labute approximate surface area is 98.4 Å². The summed E-state index contributed by atoms with van der Waals surface area (Å²) in [4.78, 5) is 22.0. The number of hydrazine groups is 1. The highest BCUT2D eigenvalue weighted by atomic mass is 16.4. The van der Waals surface area contributed by atoms with Crippen molar-refractivity contribution in [1.29, 1.82) is 0 Å². The largest absolute Gasteiger partial charge is 0.478 e. The minimum absolute atomic E-state index is 0.106. The van der Waals surface area contributed by atoms with Crippen LogP contribution in [0.2, 0.25) is 0 Å². The van der Waals surface area contributed by atoms with Gasteiger partial charge in [-0.25, -0.2) is 14.6 Å². The summed E-state index contributed by atoms with van der Waals surface area (Å²) < 4.78 is 5.19. The number of amides is 2. The maximum Gasteiger partial charge on any atom is 0.339 e. The number of nitrogens with zero attached hydrogens (tertiary/aromatic N) is 1. The third-order valence-corrected chi connectivity index (χ3v) is 1.95. The minimum atomic E-state index is -1.05. The summed E-state index contributed by atoms with van der Waals surface area (Å²) in [7, 11) is 3.36. The first-order chi connectivity index (χ1) is 7.90. The number of carbonyl (C=O) groups is 2. The van der Waals surface area contributed by atoms with Gasteiger partial charge in [-0.1, -0.05) is 0 Å². The van der Waals surface area contributed by atoms with E-state index in [-0.39, 0.29) is 18.1 Å². The van der Waals surface area contributed by atoms with E-state index in [1.807, 2.05) is 0 Å². The highest BCUT2D eigenvalue weighted by Crippen LogP contribution is 2.14. The molecular weight excluding hydrogens is 226 g/mol. The third kappa shape index (κ3) is 3.80. The molecule has 1 aromatic rings. The van der Waals surface area contributed by atoms with E-state index in [9.17, 15) is 9.59 Å². The maximum absolute atomic E-state index is 11.2.